The van der Waals surface area contributed by atoms with Crippen molar-refractivity contribution in [3.8, 4) is 50.9 Å². The van der Waals surface area contributed by atoms with Crippen LogP contribution >= 0.6 is 0 Å². The van der Waals surface area contributed by atoms with E-state index in [1.54, 1.807) is 48.7 Å². The molecule has 0 saturated heterocycles. The van der Waals surface area contributed by atoms with Crippen LogP contribution in [0.4, 0.5) is 0 Å². The van der Waals surface area contributed by atoms with Gasteiger partial charge in [-0.15, -0.1) is 0 Å². The minimum atomic E-state index is -4.88. The Kier molecular flexibility index (Phi) is 5.26. The minimum absolute atomic E-state index is 0.000663. The first-order chi connectivity index (χ1) is 53.9. The Morgan fingerprint density at radius 2 is 1.20 bits per heavy atom. The summed E-state index contributed by atoms with van der Waals surface area (Å²) in [7, 11) is 0. The van der Waals surface area contributed by atoms with E-state index >= 15 is 0 Å². The summed E-state index contributed by atoms with van der Waals surface area (Å²) >= 11 is 0. The van der Waals surface area contributed by atoms with E-state index < -0.39 is 188 Å². The van der Waals surface area contributed by atoms with Gasteiger partial charge in [-0.05, 0) is 169 Å². The molecule has 4 heterocycles. The number of hydrogen-bond donors (Lipinski definition) is 0. The van der Waals surface area contributed by atoms with Gasteiger partial charge in [0.2, 0.25) is 0 Å². The third-order valence-corrected chi connectivity index (χ3v) is 14.8. The predicted molar refractivity (Wildman–Crippen MR) is 330 cm³/mol. The van der Waals surface area contributed by atoms with Crippen molar-refractivity contribution < 1.29 is 65.8 Å². The van der Waals surface area contributed by atoms with Gasteiger partial charge in [-0.3, -0.25) is 13.7 Å². The monoisotopic (exact) mass is 1080 g/mol. The molecule has 6 nitrogen and oxygen atoms in total. The molecule has 0 atom stereocenters. The maximum absolute atomic E-state index is 10.6. The van der Waals surface area contributed by atoms with E-state index in [1.807, 2.05) is 47.0 Å². The molecule has 0 N–H and O–H groups in total. The second kappa shape index (κ2) is 17.6. The van der Waals surface area contributed by atoms with Crippen LogP contribution in [0.15, 0.2) is 180 Å². The first-order valence-corrected chi connectivity index (χ1v) is 25.4. The van der Waals surface area contributed by atoms with Crippen LogP contribution in [0.3, 0.4) is 0 Å². The Hall–Kier alpha value is -8.22. The number of nitrogens with zero attached hydrogens (tertiary/aromatic N) is 4. The summed E-state index contributed by atoms with van der Waals surface area (Å²) in [4.78, 5) is 4.79. The highest BCUT2D eigenvalue weighted by Crippen LogP contribution is 2.50. The number of furan rings is 1. The molecule has 0 bridgehead atoms. The number of ether oxygens (including phenoxy) is 1. The van der Waals surface area contributed by atoms with Gasteiger partial charge in [-0.1, -0.05) is 173 Å². The van der Waals surface area contributed by atoms with Gasteiger partial charge in [-0.2, -0.15) is 0 Å². The van der Waals surface area contributed by atoms with Gasteiger partial charge < -0.3 is 9.15 Å². The van der Waals surface area contributed by atoms with Crippen LogP contribution in [-0.2, 0) is 27.1 Å². The summed E-state index contributed by atoms with van der Waals surface area (Å²) in [5, 5.41) is 1.97. The van der Waals surface area contributed by atoms with Crippen LogP contribution < -0.4 is 9.30 Å². The normalized spacial score (nSPS) is 27.1. The van der Waals surface area contributed by atoms with Crippen LogP contribution in [0.1, 0.15) is 181 Å². The largest absolute Gasteiger partial charge is 0.458 e. The van der Waals surface area contributed by atoms with Gasteiger partial charge in [0.15, 0.2) is 0 Å². The molecule has 14 rings (SSSR count). The lowest BCUT2D eigenvalue weighted by Gasteiger charge is -2.42. The minimum Gasteiger partial charge on any atom is -0.458 e. The lowest BCUT2D eigenvalue weighted by Crippen LogP contribution is -2.34. The number of aromatic nitrogens is 4. The van der Waals surface area contributed by atoms with Gasteiger partial charge in [-0.25, -0.2) is 4.98 Å². The average molecular weight is 1090 g/mol. The van der Waals surface area contributed by atoms with Gasteiger partial charge in [0.25, 0.3) is 6.33 Å². The first kappa shape index (κ1) is 23.9. The molecule has 80 heavy (non-hydrogen) atoms. The molecule has 2 aliphatic rings. The smallest absolute Gasteiger partial charge is 0.269 e. The molecular formula is C74H70N4O2. The first-order valence-electron chi connectivity index (χ1n) is 44.4. The maximum atomic E-state index is 10.6. The van der Waals surface area contributed by atoms with Crippen LogP contribution in [0, 0.1) is 6.33 Å². The third kappa shape index (κ3) is 7.95. The van der Waals surface area contributed by atoms with Gasteiger partial charge >= 0.3 is 0 Å². The zero-order chi connectivity index (χ0) is 87.6. The van der Waals surface area contributed by atoms with Gasteiger partial charge in [0.1, 0.15) is 28.5 Å². The molecule has 0 aliphatic heterocycles. The molecule has 0 saturated carbocycles. The molecule has 12 aromatic rings. The van der Waals surface area contributed by atoms with Crippen molar-refractivity contribution in [3.05, 3.63) is 210 Å². The molecule has 0 unspecified atom stereocenters. The Morgan fingerprint density at radius 3 is 1.88 bits per heavy atom. The molecule has 2 aliphatic carbocycles. The quantitative estimate of drug-likeness (QED) is 0.118. The fourth-order valence-corrected chi connectivity index (χ4v) is 10.9. The number of fused-ring (bicyclic) bond motifs is 10. The van der Waals surface area contributed by atoms with Crippen LogP contribution in [0.25, 0.3) is 94.2 Å². The second-order valence-electron chi connectivity index (χ2n) is 21.2. The molecule has 0 radical (unpaired) electrons. The van der Waals surface area contributed by atoms with Crippen molar-refractivity contribution in [2.45, 2.75) is 128 Å². The lowest BCUT2D eigenvalue weighted by molar-refractivity contribution is -0.570. The second-order valence-corrected chi connectivity index (χ2v) is 21.2. The number of pyridine rings is 1. The van der Waals surface area contributed by atoms with Crippen molar-refractivity contribution in [1.82, 2.24) is 14.1 Å². The Bertz CT molecular complexity index is 5970. The highest BCUT2D eigenvalue weighted by molar-refractivity contribution is 6.16. The van der Waals surface area contributed by atoms with Crippen molar-refractivity contribution in [2.75, 3.05) is 0 Å². The zero-order valence-corrected chi connectivity index (χ0v) is 42.9. The highest BCUT2D eigenvalue weighted by atomic mass is 16.5. The predicted octanol–water partition coefficient (Wildman–Crippen LogP) is 19.2. The Labute approximate surface area is 523 Å². The van der Waals surface area contributed by atoms with Crippen LogP contribution in [0.2, 0.25) is 0 Å². The van der Waals surface area contributed by atoms with E-state index in [1.165, 1.54) is 34.9 Å². The molecule has 0 fully saturated rings. The highest BCUT2D eigenvalue weighted by Gasteiger charge is 2.39. The number of benzene rings is 8. The summed E-state index contributed by atoms with van der Waals surface area (Å²) in [5.74, 6) is 0.970. The molecular weight excluding hydrogens is 977 g/mol. The summed E-state index contributed by atoms with van der Waals surface area (Å²) < 4.78 is 374. The summed E-state index contributed by atoms with van der Waals surface area (Å²) in [5.41, 5.74) is -29.8. The van der Waals surface area contributed by atoms with E-state index in [-0.39, 0.29) is 55.6 Å². The van der Waals surface area contributed by atoms with E-state index in [0.717, 1.165) is 44.6 Å². The Balaban J connectivity index is 1.18. The molecule has 6 heteroatoms. The Morgan fingerprint density at radius 1 is 0.588 bits per heavy atom. The molecule has 398 valence electrons. The standard InChI is InChI=1S/C74H70N4O2/c1-70(2,3)48-34-39-75-66(42-48)78-61-24-14-12-20-54(61)55-29-28-51(44-63(55)78)79-50-19-16-18-49(43-50)76-45-77(69-62(76)32-33-65-67(69)56-21-13-15-25-64(56)80-65)68-52(46-26-30-57-59(40-46)73(8,9)37-35-71(57,4)5)22-17-23-53(68)47-27-31-58-60(41-47)74(10,11)38-36-72(58,6)7/h12-34,39-44H,35-38H2,1-11H3/i4D3,5D3,6D3,7D3,8D3,9D3,10D3,11D3,26D,27D,30D,31D,35D2,36D2,37D2,38D2,40D,41D. The summed E-state index contributed by atoms with van der Waals surface area (Å²) in [6.45, 7) is -30.4. The fourth-order valence-electron chi connectivity index (χ4n) is 10.9. The molecule has 0 amide bonds. The maximum Gasteiger partial charge on any atom is 0.269 e. The number of hydrogen-bond acceptors (Lipinski definition) is 3. The summed E-state index contributed by atoms with van der Waals surface area (Å²) in [6, 6.07) is 24.5. The van der Waals surface area contributed by atoms with Gasteiger partial charge in [0.05, 0.1) is 41.7 Å². The van der Waals surface area contributed by atoms with Crippen molar-refractivity contribution in [3.63, 3.8) is 0 Å². The van der Waals surface area contributed by atoms with Crippen molar-refractivity contribution in [2.24, 2.45) is 0 Å². The lowest BCUT2D eigenvalue weighted by atomic mass is 9.62. The van der Waals surface area contributed by atoms with Crippen molar-refractivity contribution >= 4 is 54.8 Å². The van der Waals surface area contributed by atoms with E-state index in [9.17, 15) is 35.6 Å². The summed E-state index contributed by atoms with van der Waals surface area (Å²) in [6.07, 6.45) is -14.5. The molecule has 0 spiro atoms. The number of imidazole rings is 1. The van der Waals surface area contributed by atoms with E-state index in [0.29, 0.717) is 11.3 Å². The molecule has 4 aromatic heterocycles. The van der Waals surface area contributed by atoms with Crippen molar-refractivity contribution in [1.29, 1.82) is 0 Å². The fraction of sp³-hybridized carbons (Fsp3) is 0.270. The SMILES string of the molecule is [2H]c1c([2H])c2c(c([2H])c1-c1cccc(-c3c([2H])c([2H])c4c(c3[2H])C(C([2H])([2H])[2H])(C([2H])([2H])[2H])C([2H])([2H])C([2H])([2H])C4(C([2H])([2H])[2H])C([2H])([2H])[2H])c1-[n+]1[c-]n(-c3cccc(Oc4ccc5c6ccccc6n(-c6cc(C(C)(C)C)ccn6)c5c4)c3)c3ccc4oc5ccccc5c4c31)C(C([2H])([2H])[2H])(C([2H])([2H])[2H])C([2H])([2H])C([2H])([2H])C2(C([2H])([2H])[2H])C([2H])([2H])[2H]. The van der Waals surface area contributed by atoms with Crippen LogP contribution in [-0.4, -0.2) is 14.1 Å². The average Bonchev–Trinajstić information content (AvgIpc) is 0.761. The number of para-hydroxylation sites is 3. The van der Waals surface area contributed by atoms with E-state index in [2.05, 4.69) is 27.1 Å². The third-order valence-electron chi connectivity index (χ3n) is 14.8. The zero-order valence-electron chi connectivity index (χ0n) is 80.9. The molecule has 8 aromatic carbocycles. The topological polar surface area (TPSA) is 49.0 Å². The number of rotatable bonds is 7. The van der Waals surface area contributed by atoms with Crippen LogP contribution in [0.5, 0.6) is 11.5 Å². The van der Waals surface area contributed by atoms with Gasteiger partial charge in [0, 0.05) is 77.7 Å². The van der Waals surface area contributed by atoms with E-state index in [4.69, 9.17) is 30.6 Å².